The molecule has 0 aliphatic carbocycles. The van der Waals surface area contributed by atoms with Crippen molar-refractivity contribution in [3.05, 3.63) is 83.3 Å². The molecule has 0 radical (unpaired) electrons. The number of hydrogen-bond acceptors (Lipinski definition) is 6. The largest absolute Gasteiger partial charge is 0.496 e. The molecular formula is C25H19ClN2O4S. The number of furan rings is 1. The Morgan fingerprint density at radius 3 is 2.48 bits per heavy atom. The Bertz CT molecular complexity index is 1460. The van der Waals surface area contributed by atoms with Crippen LogP contribution in [0.5, 0.6) is 11.5 Å². The third kappa shape index (κ3) is 3.90. The van der Waals surface area contributed by atoms with Crippen molar-refractivity contribution in [2.75, 3.05) is 19.1 Å². The van der Waals surface area contributed by atoms with Gasteiger partial charge in [-0.05, 0) is 47.2 Å². The van der Waals surface area contributed by atoms with Crippen LogP contribution in [0.2, 0.25) is 5.02 Å². The molecule has 0 aliphatic heterocycles. The van der Waals surface area contributed by atoms with Crippen molar-refractivity contribution in [2.24, 2.45) is 0 Å². The van der Waals surface area contributed by atoms with Crippen LogP contribution in [0.25, 0.3) is 21.0 Å². The summed E-state index contributed by atoms with van der Waals surface area (Å²) in [6.45, 7) is 0.196. The van der Waals surface area contributed by atoms with Gasteiger partial charge in [0, 0.05) is 0 Å². The molecule has 166 valence electrons. The van der Waals surface area contributed by atoms with Crippen LogP contribution in [0.3, 0.4) is 0 Å². The maximum absolute atomic E-state index is 13.9. The number of amides is 1. The molecule has 5 aromatic rings. The minimum atomic E-state index is -0.261. The molecule has 5 rings (SSSR count). The van der Waals surface area contributed by atoms with Crippen molar-refractivity contribution < 1.29 is 18.7 Å². The van der Waals surface area contributed by atoms with Crippen molar-refractivity contribution >= 4 is 55.0 Å². The lowest BCUT2D eigenvalue weighted by Gasteiger charge is -2.20. The summed E-state index contributed by atoms with van der Waals surface area (Å²) in [5, 5.41) is 2.95. The number of halogens is 1. The lowest BCUT2D eigenvalue weighted by atomic mass is 10.0. The van der Waals surface area contributed by atoms with E-state index in [1.807, 2.05) is 42.5 Å². The molecule has 0 spiro atoms. The molecule has 0 unspecified atom stereocenters. The number of hydrogen-bond donors (Lipinski definition) is 0. The summed E-state index contributed by atoms with van der Waals surface area (Å²) in [5.41, 5.74) is 1.03. The highest BCUT2D eigenvalue weighted by molar-refractivity contribution is 7.23. The molecule has 0 atom stereocenters. The summed E-state index contributed by atoms with van der Waals surface area (Å²) in [7, 11) is 3.13. The van der Waals surface area contributed by atoms with E-state index in [1.165, 1.54) is 11.3 Å². The van der Waals surface area contributed by atoms with E-state index in [0.29, 0.717) is 38.5 Å². The second-order valence-electron chi connectivity index (χ2n) is 7.29. The minimum absolute atomic E-state index is 0.196. The molecule has 33 heavy (non-hydrogen) atoms. The van der Waals surface area contributed by atoms with Gasteiger partial charge in [0.15, 0.2) is 5.13 Å². The van der Waals surface area contributed by atoms with E-state index in [9.17, 15) is 4.79 Å². The van der Waals surface area contributed by atoms with Crippen LogP contribution in [0, 0.1) is 0 Å². The summed E-state index contributed by atoms with van der Waals surface area (Å²) < 4.78 is 17.3. The molecule has 0 saturated carbocycles. The zero-order chi connectivity index (χ0) is 22.9. The number of carbonyl (C=O) groups is 1. The van der Waals surface area contributed by atoms with Crippen molar-refractivity contribution in [3.63, 3.8) is 0 Å². The Labute approximate surface area is 198 Å². The Morgan fingerprint density at radius 1 is 1.03 bits per heavy atom. The topological polar surface area (TPSA) is 64.8 Å². The maximum atomic E-state index is 13.9. The van der Waals surface area contributed by atoms with E-state index < -0.39 is 0 Å². The van der Waals surface area contributed by atoms with Gasteiger partial charge < -0.3 is 13.9 Å². The number of ether oxygens (including phenoxy) is 2. The molecular weight excluding hydrogens is 460 g/mol. The van der Waals surface area contributed by atoms with E-state index in [2.05, 4.69) is 0 Å². The first-order chi connectivity index (χ1) is 16.1. The fraction of sp³-hybridized carbons (Fsp3) is 0.120. The molecule has 2 heterocycles. The average molecular weight is 479 g/mol. The quantitative estimate of drug-likeness (QED) is 0.276. The number of fused-ring (bicyclic) bond motifs is 2. The number of methoxy groups -OCH3 is 2. The highest BCUT2D eigenvalue weighted by atomic mass is 35.5. The van der Waals surface area contributed by atoms with E-state index in [-0.39, 0.29) is 12.5 Å². The van der Waals surface area contributed by atoms with Crippen molar-refractivity contribution in [3.8, 4) is 11.5 Å². The zero-order valence-electron chi connectivity index (χ0n) is 17.9. The molecule has 6 nitrogen and oxygen atoms in total. The second-order valence-corrected chi connectivity index (χ2v) is 8.68. The van der Waals surface area contributed by atoms with E-state index in [0.717, 1.165) is 15.5 Å². The maximum Gasteiger partial charge on any atom is 0.264 e. The molecule has 2 aromatic heterocycles. The van der Waals surface area contributed by atoms with Crippen LogP contribution in [0.4, 0.5) is 5.13 Å². The molecule has 0 N–H and O–H groups in total. The number of anilines is 1. The summed E-state index contributed by atoms with van der Waals surface area (Å²) in [6, 6.07) is 18.7. The van der Waals surface area contributed by atoms with Gasteiger partial charge in [-0.2, -0.15) is 0 Å². The Kier molecular flexibility index (Phi) is 5.66. The standard InChI is InChI=1S/C25H19ClN2O4S/c1-30-20-10-9-19(26)23-22(20)27-25(33-23)28(14-17-8-5-11-32-17)24(29)18-12-15-6-3-4-7-16(15)13-21(18)31-2/h3-13H,14H2,1-2H3. The van der Waals surface area contributed by atoms with Crippen molar-refractivity contribution in [1.82, 2.24) is 4.98 Å². The Morgan fingerprint density at radius 2 is 1.79 bits per heavy atom. The van der Waals surface area contributed by atoms with E-state index >= 15 is 0 Å². The fourth-order valence-corrected chi connectivity index (χ4v) is 4.96. The van der Waals surface area contributed by atoms with Crippen LogP contribution in [0.15, 0.2) is 71.3 Å². The summed E-state index contributed by atoms with van der Waals surface area (Å²) in [4.78, 5) is 20.2. The van der Waals surface area contributed by atoms with Gasteiger partial charge in [0.1, 0.15) is 22.8 Å². The van der Waals surface area contributed by atoms with E-state index in [4.69, 9.17) is 30.5 Å². The van der Waals surface area contributed by atoms with Crippen LogP contribution >= 0.6 is 22.9 Å². The molecule has 0 bridgehead atoms. The summed E-state index contributed by atoms with van der Waals surface area (Å²) in [5.74, 6) is 1.44. The fourth-order valence-electron chi connectivity index (χ4n) is 3.71. The lowest BCUT2D eigenvalue weighted by Crippen LogP contribution is -2.30. The molecule has 3 aromatic carbocycles. The minimum Gasteiger partial charge on any atom is -0.496 e. The molecule has 0 aliphatic rings. The lowest BCUT2D eigenvalue weighted by molar-refractivity contribution is 0.0980. The molecule has 8 heteroatoms. The van der Waals surface area contributed by atoms with E-state index in [1.54, 1.807) is 43.6 Å². The number of rotatable bonds is 6. The van der Waals surface area contributed by atoms with Gasteiger partial charge in [-0.25, -0.2) is 4.98 Å². The molecule has 1 amide bonds. The van der Waals surface area contributed by atoms with Crippen LogP contribution in [-0.4, -0.2) is 25.1 Å². The van der Waals surface area contributed by atoms with Crippen LogP contribution in [0.1, 0.15) is 16.1 Å². The third-order valence-electron chi connectivity index (χ3n) is 5.34. The molecule has 0 fully saturated rings. The number of benzene rings is 3. The smallest absolute Gasteiger partial charge is 0.264 e. The molecule has 0 saturated heterocycles. The predicted octanol–water partition coefficient (Wildman–Crippen LogP) is 6.56. The highest BCUT2D eigenvalue weighted by Crippen LogP contribution is 2.40. The normalized spacial score (nSPS) is 11.1. The summed E-state index contributed by atoms with van der Waals surface area (Å²) in [6.07, 6.45) is 1.58. The Balaban J connectivity index is 1.66. The monoisotopic (exact) mass is 478 g/mol. The van der Waals surface area contributed by atoms with Gasteiger partial charge in [0.05, 0.1) is 42.3 Å². The number of nitrogens with zero attached hydrogens (tertiary/aromatic N) is 2. The van der Waals surface area contributed by atoms with Gasteiger partial charge >= 0.3 is 0 Å². The predicted molar refractivity (Wildman–Crippen MR) is 131 cm³/mol. The SMILES string of the molecule is COc1cc2ccccc2cc1C(=O)N(Cc1ccco1)c1nc2c(OC)ccc(Cl)c2s1. The number of aromatic nitrogens is 1. The average Bonchev–Trinajstić information content (AvgIpc) is 3.52. The highest BCUT2D eigenvalue weighted by Gasteiger charge is 2.27. The van der Waals surface area contributed by atoms with Gasteiger partial charge in [0.2, 0.25) is 0 Å². The van der Waals surface area contributed by atoms with Crippen molar-refractivity contribution in [2.45, 2.75) is 6.54 Å². The van der Waals surface area contributed by atoms with Gasteiger partial charge in [-0.3, -0.25) is 9.69 Å². The first-order valence-corrected chi connectivity index (χ1v) is 11.3. The van der Waals surface area contributed by atoms with Gasteiger partial charge in [-0.1, -0.05) is 47.2 Å². The third-order valence-corrected chi connectivity index (χ3v) is 6.87. The number of thiazole rings is 1. The second kappa shape index (κ2) is 8.77. The number of carbonyl (C=O) groups excluding carboxylic acids is 1. The van der Waals surface area contributed by atoms with Gasteiger partial charge in [-0.15, -0.1) is 0 Å². The van der Waals surface area contributed by atoms with Crippen molar-refractivity contribution in [1.29, 1.82) is 0 Å². The Hall–Kier alpha value is -3.55. The zero-order valence-corrected chi connectivity index (χ0v) is 19.4. The summed E-state index contributed by atoms with van der Waals surface area (Å²) >= 11 is 7.75. The first kappa shape index (κ1) is 21.3. The first-order valence-electron chi connectivity index (χ1n) is 10.1. The van der Waals surface area contributed by atoms with Crippen LogP contribution in [-0.2, 0) is 6.54 Å². The van der Waals surface area contributed by atoms with Crippen LogP contribution < -0.4 is 14.4 Å². The van der Waals surface area contributed by atoms with Gasteiger partial charge in [0.25, 0.3) is 5.91 Å².